The molecule has 2 atom stereocenters. The van der Waals surface area contributed by atoms with Gasteiger partial charge in [0.1, 0.15) is 0 Å². The quantitative estimate of drug-likeness (QED) is 0.240. The monoisotopic (exact) mass is 460 g/mol. The van der Waals surface area contributed by atoms with Gasteiger partial charge in [0.25, 0.3) is 0 Å². The van der Waals surface area contributed by atoms with E-state index in [1.54, 1.807) is 0 Å². The molecule has 2 unspecified atom stereocenters. The van der Waals surface area contributed by atoms with Gasteiger partial charge in [-0.15, -0.1) is 0 Å². The summed E-state index contributed by atoms with van der Waals surface area (Å²) in [4.78, 5) is 0. The summed E-state index contributed by atoms with van der Waals surface area (Å²) < 4.78 is 0. The van der Waals surface area contributed by atoms with Gasteiger partial charge >= 0.3 is 0 Å². The van der Waals surface area contributed by atoms with E-state index >= 15 is 0 Å². The van der Waals surface area contributed by atoms with Crippen LogP contribution in [0.2, 0.25) is 0 Å². The fourth-order valence-electron chi connectivity index (χ4n) is 7.26. The standard InChI is InChI=1S/C34H52/c1-3-5-6-8-28-13-21-32(22-14-28)34-25-17-30(18-26-34)10-9-29-15-23-33(24-16-29)31-19-11-27(7-4-2)12-20-31/h9-10,13-14,17,21-22,25,27,29-31,33-34H,3-8,11-12,15-16,18-20,23-24,26H2,1-2H3. The lowest BCUT2D eigenvalue weighted by atomic mass is 9.68. The van der Waals surface area contributed by atoms with Crippen molar-refractivity contribution in [3.8, 4) is 0 Å². The third-order valence-electron chi connectivity index (χ3n) is 9.58. The summed E-state index contributed by atoms with van der Waals surface area (Å²) in [6.07, 6.45) is 32.9. The molecule has 1 aromatic rings. The molecule has 2 fully saturated rings. The number of benzene rings is 1. The molecule has 0 heterocycles. The fraction of sp³-hybridized carbons (Fsp3) is 0.706. The van der Waals surface area contributed by atoms with Crippen LogP contribution >= 0.6 is 0 Å². The van der Waals surface area contributed by atoms with Gasteiger partial charge in [0.2, 0.25) is 0 Å². The molecular weight excluding hydrogens is 408 g/mol. The van der Waals surface area contributed by atoms with Crippen molar-refractivity contribution in [2.24, 2.45) is 29.6 Å². The SMILES string of the molecule is CCCCCc1ccc(C2C=CC(C=CC3CCC(C4CCC(CCC)CC4)CC3)CC2)cc1. The van der Waals surface area contributed by atoms with Crippen molar-refractivity contribution < 1.29 is 0 Å². The van der Waals surface area contributed by atoms with Gasteiger partial charge in [-0.2, -0.15) is 0 Å². The van der Waals surface area contributed by atoms with E-state index in [1.165, 1.54) is 114 Å². The van der Waals surface area contributed by atoms with Crippen molar-refractivity contribution in [3.63, 3.8) is 0 Å². The van der Waals surface area contributed by atoms with Crippen molar-refractivity contribution in [2.45, 2.75) is 122 Å². The first-order valence-corrected chi connectivity index (χ1v) is 15.2. The molecule has 0 aromatic heterocycles. The summed E-state index contributed by atoms with van der Waals surface area (Å²) in [5.74, 6) is 5.29. The van der Waals surface area contributed by atoms with Gasteiger partial charge in [-0.1, -0.05) is 101 Å². The minimum absolute atomic E-state index is 0.622. The van der Waals surface area contributed by atoms with E-state index in [-0.39, 0.29) is 0 Å². The summed E-state index contributed by atoms with van der Waals surface area (Å²) in [5, 5.41) is 0. The summed E-state index contributed by atoms with van der Waals surface area (Å²) in [5.41, 5.74) is 3.02. The van der Waals surface area contributed by atoms with Crippen LogP contribution in [0.3, 0.4) is 0 Å². The van der Waals surface area contributed by atoms with Gasteiger partial charge < -0.3 is 0 Å². The maximum atomic E-state index is 2.61. The van der Waals surface area contributed by atoms with E-state index < -0.39 is 0 Å². The maximum absolute atomic E-state index is 2.61. The lowest BCUT2D eigenvalue weighted by Crippen LogP contribution is -2.25. The summed E-state index contributed by atoms with van der Waals surface area (Å²) in [6.45, 7) is 4.64. The van der Waals surface area contributed by atoms with E-state index in [0.717, 1.165) is 23.7 Å². The van der Waals surface area contributed by atoms with Crippen LogP contribution in [0.15, 0.2) is 48.6 Å². The molecule has 0 spiro atoms. The van der Waals surface area contributed by atoms with Crippen LogP contribution < -0.4 is 0 Å². The molecule has 1 aromatic carbocycles. The minimum Gasteiger partial charge on any atom is -0.0848 e. The van der Waals surface area contributed by atoms with E-state index in [1.807, 2.05) is 0 Å². The van der Waals surface area contributed by atoms with Crippen molar-refractivity contribution in [1.29, 1.82) is 0 Å². The molecule has 0 nitrogen and oxygen atoms in total. The molecule has 0 N–H and O–H groups in total. The van der Waals surface area contributed by atoms with Crippen LogP contribution in [0, 0.1) is 29.6 Å². The van der Waals surface area contributed by atoms with Crippen LogP contribution in [0.25, 0.3) is 0 Å². The molecule has 0 aliphatic heterocycles. The Morgan fingerprint density at radius 1 is 0.676 bits per heavy atom. The Bertz CT molecular complexity index is 737. The summed E-state index contributed by atoms with van der Waals surface area (Å²) in [7, 11) is 0. The zero-order chi connectivity index (χ0) is 23.6. The molecular formula is C34H52. The first kappa shape index (κ1) is 25.8. The molecule has 3 aliphatic carbocycles. The van der Waals surface area contributed by atoms with Gasteiger partial charge in [0, 0.05) is 5.92 Å². The first-order valence-electron chi connectivity index (χ1n) is 15.2. The fourth-order valence-corrected chi connectivity index (χ4v) is 7.26. The highest BCUT2D eigenvalue weighted by atomic mass is 14.4. The Hall–Kier alpha value is -1.30. The number of rotatable bonds is 10. The molecule has 0 amide bonds. The Balaban J connectivity index is 1.17. The highest BCUT2D eigenvalue weighted by Crippen LogP contribution is 2.42. The van der Waals surface area contributed by atoms with Crippen molar-refractivity contribution in [2.75, 3.05) is 0 Å². The highest BCUT2D eigenvalue weighted by molar-refractivity contribution is 5.29. The molecule has 0 saturated heterocycles. The Morgan fingerprint density at radius 2 is 1.38 bits per heavy atom. The molecule has 0 bridgehead atoms. The third-order valence-corrected chi connectivity index (χ3v) is 9.58. The number of allylic oxidation sites excluding steroid dienone is 4. The molecule has 0 radical (unpaired) electrons. The van der Waals surface area contributed by atoms with Crippen LogP contribution in [-0.4, -0.2) is 0 Å². The number of aryl methyl sites for hydroxylation is 1. The van der Waals surface area contributed by atoms with Gasteiger partial charge in [-0.05, 0) is 105 Å². The van der Waals surface area contributed by atoms with Crippen LogP contribution in [0.5, 0.6) is 0 Å². The molecule has 2 saturated carbocycles. The predicted octanol–water partition coefficient (Wildman–Crippen LogP) is 10.4. The van der Waals surface area contributed by atoms with Crippen LogP contribution in [-0.2, 0) is 6.42 Å². The van der Waals surface area contributed by atoms with E-state index in [0.29, 0.717) is 11.8 Å². The van der Waals surface area contributed by atoms with Crippen molar-refractivity contribution >= 4 is 0 Å². The normalized spacial score (nSPS) is 32.3. The van der Waals surface area contributed by atoms with Gasteiger partial charge in [0.15, 0.2) is 0 Å². The average molecular weight is 461 g/mol. The minimum atomic E-state index is 0.622. The van der Waals surface area contributed by atoms with Crippen LogP contribution in [0.1, 0.15) is 127 Å². The smallest absolute Gasteiger partial charge is 0.00185 e. The van der Waals surface area contributed by atoms with Crippen molar-refractivity contribution in [3.05, 3.63) is 59.7 Å². The topological polar surface area (TPSA) is 0 Å². The Labute approximate surface area is 211 Å². The van der Waals surface area contributed by atoms with E-state index in [9.17, 15) is 0 Å². The second-order valence-corrected chi connectivity index (χ2v) is 12.1. The van der Waals surface area contributed by atoms with E-state index in [2.05, 4.69) is 62.4 Å². The lowest BCUT2D eigenvalue weighted by molar-refractivity contribution is 0.152. The summed E-state index contributed by atoms with van der Waals surface area (Å²) >= 11 is 0. The van der Waals surface area contributed by atoms with Crippen LogP contribution in [0.4, 0.5) is 0 Å². The second kappa shape index (κ2) is 13.7. The third kappa shape index (κ3) is 7.60. The Morgan fingerprint density at radius 3 is 2.00 bits per heavy atom. The first-order chi connectivity index (χ1) is 16.7. The predicted molar refractivity (Wildman–Crippen MR) is 149 cm³/mol. The number of unbranched alkanes of at least 4 members (excludes halogenated alkanes) is 2. The highest BCUT2D eigenvalue weighted by Gasteiger charge is 2.30. The zero-order valence-corrected chi connectivity index (χ0v) is 22.4. The molecule has 4 rings (SSSR count). The molecule has 188 valence electrons. The average Bonchev–Trinajstić information content (AvgIpc) is 2.89. The molecule has 34 heavy (non-hydrogen) atoms. The summed E-state index contributed by atoms with van der Waals surface area (Å²) in [6, 6.07) is 9.53. The second-order valence-electron chi connectivity index (χ2n) is 12.1. The molecule has 3 aliphatic rings. The lowest BCUT2D eigenvalue weighted by Gasteiger charge is -2.37. The number of hydrogen-bond acceptors (Lipinski definition) is 0. The maximum Gasteiger partial charge on any atom is 0.00185 e. The van der Waals surface area contributed by atoms with Gasteiger partial charge in [-0.3, -0.25) is 0 Å². The zero-order valence-electron chi connectivity index (χ0n) is 22.4. The Kier molecular flexibility index (Phi) is 10.4. The number of hydrogen-bond donors (Lipinski definition) is 0. The van der Waals surface area contributed by atoms with Gasteiger partial charge in [-0.25, -0.2) is 0 Å². The molecule has 0 heteroatoms. The van der Waals surface area contributed by atoms with E-state index in [4.69, 9.17) is 0 Å². The van der Waals surface area contributed by atoms with Gasteiger partial charge in [0.05, 0.1) is 0 Å². The largest absolute Gasteiger partial charge is 0.0848 e. The van der Waals surface area contributed by atoms with Crippen molar-refractivity contribution in [1.82, 2.24) is 0 Å².